The number of nitrogens with two attached hydrogens (primary N) is 1. The third-order valence-electron chi connectivity index (χ3n) is 5.61. The van der Waals surface area contributed by atoms with Gasteiger partial charge in [0, 0.05) is 48.5 Å². The number of hydrogen-bond acceptors (Lipinski definition) is 3. The van der Waals surface area contributed by atoms with Crippen LogP contribution in [0.3, 0.4) is 0 Å². The van der Waals surface area contributed by atoms with Crippen molar-refractivity contribution in [1.82, 2.24) is 14.5 Å². The Bertz CT molecular complexity index is 1080. The van der Waals surface area contributed by atoms with Crippen LogP contribution in [0.1, 0.15) is 36.6 Å². The molecule has 0 amide bonds. The van der Waals surface area contributed by atoms with E-state index in [1.165, 1.54) is 6.20 Å². The van der Waals surface area contributed by atoms with Crippen LogP contribution in [0.25, 0.3) is 10.9 Å². The summed E-state index contributed by atoms with van der Waals surface area (Å²) in [6.07, 6.45) is 1.38. The van der Waals surface area contributed by atoms with Crippen LogP contribution in [0.4, 0.5) is 26.3 Å². The van der Waals surface area contributed by atoms with Crippen molar-refractivity contribution in [2.45, 2.75) is 43.9 Å². The fourth-order valence-electron chi connectivity index (χ4n) is 4.19. The first-order chi connectivity index (χ1) is 14.1. The van der Waals surface area contributed by atoms with Crippen LogP contribution >= 0.6 is 0 Å². The highest BCUT2D eigenvalue weighted by Gasteiger charge is 2.35. The molecule has 2 unspecified atom stereocenters. The predicted molar refractivity (Wildman–Crippen MR) is 96.9 cm³/mol. The lowest BCUT2D eigenvalue weighted by atomic mass is 9.75. The second-order valence-electron chi connectivity index (χ2n) is 7.72. The summed E-state index contributed by atoms with van der Waals surface area (Å²) in [5.41, 5.74) is 6.48. The first kappa shape index (κ1) is 20.6. The molecule has 10 heteroatoms. The zero-order valence-corrected chi connectivity index (χ0v) is 15.6. The van der Waals surface area contributed by atoms with Crippen molar-refractivity contribution in [2.75, 3.05) is 0 Å². The lowest BCUT2D eigenvalue weighted by molar-refractivity contribution is -0.144. The van der Waals surface area contributed by atoms with E-state index >= 15 is 0 Å². The molecule has 0 bridgehead atoms. The van der Waals surface area contributed by atoms with E-state index < -0.39 is 41.4 Å². The molecule has 1 fully saturated rings. The Balaban J connectivity index is 1.47. The molecule has 30 heavy (non-hydrogen) atoms. The Morgan fingerprint density at radius 3 is 2.47 bits per heavy atom. The van der Waals surface area contributed by atoms with Crippen LogP contribution in [-0.4, -0.2) is 20.6 Å². The van der Waals surface area contributed by atoms with Gasteiger partial charge in [0.15, 0.2) is 11.6 Å². The maximum absolute atomic E-state index is 14.1. The fourth-order valence-corrected chi connectivity index (χ4v) is 4.19. The SMILES string of the molecule is NC1CC(Cn2cc3cnc(C(F)(F)F)nc3c2)CC[C@@H]1c1cc(F)c(F)cc1F. The Labute approximate surface area is 167 Å². The van der Waals surface area contributed by atoms with Crippen LogP contribution in [0.2, 0.25) is 0 Å². The summed E-state index contributed by atoms with van der Waals surface area (Å²) in [5, 5.41) is 0.491. The molecular weight excluding hydrogens is 410 g/mol. The highest BCUT2D eigenvalue weighted by atomic mass is 19.4. The second kappa shape index (κ2) is 7.57. The molecule has 3 aromatic rings. The summed E-state index contributed by atoms with van der Waals surface area (Å²) in [7, 11) is 0. The zero-order valence-electron chi connectivity index (χ0n) is 15.6. The second-order valence-corrected chi connectivity index (χ2v) is 7.72. The summed E-state index contributed by atoms with van der Waals surface area (Å²) in [6, 6.07) is 0.945. The van der Waals surface area contributed by atoms with Crippen molar-refractivity contribution in [3.63, 3.8) is 0 Å². The highest BCUT2D eigenvalue weighted by Crippen LogP contribution is 2.37. The average Bonchev–Trinajstić information content (AvgIpc) is 3.06. The van der Waals surface area contributed by atoms with E-state index in [-0.39, 0.29) is 17.0 Å². The smallest absolute Gasteiger partial charge is 0.351 e. The molecule has 2 N–H and O–H groups in total. The first-order valence-electron chi connectivity index (χ1n) is 9.41. The number of nitrogens with zero attached hydrogens (tertiary/aromatic N) is 3. The van der Waals surface area contributed by atoms with E-state index in [1.54, 1.807) is 10.8 Å². The molecule has 2 heterocycles. The van der Waals surface area contributed by atoms with E-state index in [0.717, 1.165) is 12.3 Å². The van der Waals surface area contributed by atoms with Gasteiger partial charge in [-0.15, -0.1) is 0 Å². The summed E-state index contributed by atoms with van der Waals surface area (Å²) in [5.74, 6) is -4.69. The van der Waals surface area contributed by atoms with Gasteiger partial charge in [-0.3, -0.25) is 0 Å². The van der Waals surface area contributed by atoms with Gasteiger partial charge in [0.2, 0.25) is 5.82 Å². The lowest BCUT2D eigenvalue weighted by Crippen LogP contribution is -2.36. The van der Waals surface area contributed by atoms with Gasteiger partial charge in [0.1, 0.15) is 5.82 Å². The molecule has 4 rings (SSSR count). The fraction of sp³-hybridized carbons (Fsp3) is 0.400. The average molecular weight is 428 g/mol. The molecule has 0 aliphatic heterocycles. The normalized spacial score (nSPS) is 22.6. The van der Waals surface area contributed by atoms with Gasteiger partial charge in [0.05, 0.1) is 5.52 Å². The van der Waals surface area contributed by atoms with Gasteiger partial charge in [-0.25, -0.2) is 23.1 Å². The summed E-state index contributed by atoms with van der Waals surface area (Å²) < 4.78 is 80.9. The molecular formula is C20H18F6N4. The van der Waals surface area contributed by atoms with Crippen LogP contribution in [-0.2, 0) is 12.7 Å². The van der Waals surface area contributed by atoms with Gasteiger partial charge in [0.25, 0.3) is 0 Å². The van der Waals surface area contributed by atoms with Crippen LogP contribution < -0.4 is 5.73 Å². The van der Waals surface area contributed by atoms with Crippen LogP contribution in [0, 0.1) is 23.4 Å². The Morgan fingerprint density at radius 2 is 1.77 bits per heavy atom. The minimum atomic E-state index is -4.61. The van der Waals surface area contributed by atoms with Crippen molar-refractivity contribution in [2.24, 2.45) is 11.7 Å². The molecule has 1 saturated carbocycles. The molecule has 2 aromatic heterocycles. The largest absolute Gasteiger partial charge is 0.451 e. The van der Waals surface area contributed by atoms with Gasteiger partial charge in [-0.2, -0.15) is 13.2 Å². The topological polar surface area (TPSA) is 56.7 Å². The minimum absolute atomic E-state index is 0.0708. The molecule has 3 atom stereocenters. The maximum atomic E-state index is 14.1. The van der Waals surface area contributed by atoms with Gasteiger partial charge in [-0.05, 0) is 36.8 Å². The molecule has 4 nitrogen and oxygen atoms in total. The van der Waals surface area contributed by atoms with Crippen molar-refractivity contribution >= 4 is 10.9 Å². The number of aromatic nitrogens is 3. The number of fused-ring (bicyclic) bond motifs is 1. The Hall–Kier alpha value is -2.62. The molecule has 1 aliphatic rings. The summed E-state index contributed by atoms with van der Waals surface area (Å²) in [4.78, 5) is 6.92. The molecule has 1 aliphatic carbocycles. The minimum Gasteiger partial charge on any atom is -0.351 e. The van der Waals surface area contributed by atoms with Gasteiger partial charge < -0.3 is 10.3 Å². The van der Waals surface area contributed by atoms with Crippen molar-refractivity contribution < 1.29 is 26.3 Å². The standard InChI is InChI=1S/C20H18F6N4/c21-14-5-16(23)15(22)4-13(14)12-2-1-10(3-17(12)27)7-30-8-11-6-28-19(20(24,25)26)29-18(11)9-30/h4-6,8-10,12,17H,1-3,7,27H2/t10?,12-,17?/m1/s1. The molecule has 160 valence electrons. The van der Waals surface area contributed by atoms with E-state index in [4.69, 9.17) is 5.73 Å². The van der Waals surface area contributed by atoms with Gasteiger partial charge in [-0.1, -0.05) is 0 Å². The van der Waals surface area contributed by atoms with Crippen molar-refractivity contribution in [1.29, 1.82) is 0 Å². The lowest BCUT2D eigenvalue weighted by Gasteiger charge is -2.34. The molecule has 0 saturated heterocycles. The van der Waals surface area contributed by atoms with E-state index in [2.05, 4.69) is 9.97 Å². The number of alkyl halides is 3. The maximum Gasteiger partial charge on any atom is 0.451 e. The number of benzene rings is 1. The van der Waals surface area contributed by atoms with E-state index in [0.29, 0.717) is 37.3 Å². The van der Waals surface area contributed by atoms with Crippen LogP contribution in [0.15, 0.2) is 30.7 Å². The van der Waals surface area contributed by atoms with Gasteiger partial charge >= 0.3 is 6.18 Å². The molecule has 0 radical (unpaired) electrons. The molecule has 0 spiro atoms. The Kier molecular flexibility index (Phi) is 5.21. The Morgan fingerprint density at radius 1 is 1.03 bits per heavy atom. The first-order valence-corrected chi connectivity index (χ1v) is 9.41. The quantitative estimate of drug-likeness (QED) is 0.483. The monoisotopic (exact) mass is 428 g/mol. The molecule has 1 aromatic carbocycles. The van der Waals surface area contributed by atoms with Crippen molar-refractivity contribution in [3.05, 3.63) is 59.6 Å². The number of halogens is 6. The third-order valence-corrected chi connectivity index (χ3v) is 5.61. The zero-order chi connectivity index (χ0) is 21.6. The summed E-state index contributed by atoms with van der Waals surface area (Å²) >= 11 is 0. The predicted octanol–water partition coefficient (Wildman–Crippen LogP) is 4.78. The highest BCUT2D eigenvalue weighted by molar-refractivity contribution is 5.77. The van der Waals surface area contributed by atoms with E-state index in [1.807, 2.05) is 0 Å². The number of rotatable bonds is 3. The summed E-state index contributed by atoms with van der Waals surface area (Å²) in [6.45, 7) is 0.498. The van der Waals surface area contributed by atoms with E-state index in [9.17, 15) is 26.3 Å². The van der Waals surface area contributed by atoms with Crippen LogP contribution in [0.5, 0.6) is 0 Å². The van der Waals surface area contributed by atoms with Crippen molar-refractivity contribution in [3.8, 4) is 0 Å². The number of hydrogen-bond donors (Lipinski definition) is 1. The third kappa shape index (κ3) is 4.00.